The molecule has 120 valence electrons. The van der Waals surface area contributed by atoms with Crippen molar-refractivity contribution in [2.24, 2.45) is 0 Å². The third-order valence-electron chi connectivity index (χ3n) is 2.77. The van der Waals surface area contributed by atoms with Gasteiger partial charge in [0.05, 0.1) is 4.90 Å². The van der Waals surface area contributed by atoms with E-state index in [0.717, 1.165) is 12.0 Å². The van der Waals surface area contributed by atoms with Crippen molar-refractivity contribution >= 4 is 26.0 Å². The monoisotopic (exact) mass is 378 g/mol. The summed E-state index contributed by atoms with van der Waals surface area (Å²) in [5.74, 6) is 0. The maximum atomic E-state index is 12.3. The minimum Gasteiger partial charge on any atom is -0.381 e. The van der Waals surface area contributed by atoms with Gasteiger partial charge in [-0.2, -0.15) is 0 Å². The molecule has 0 aromatic heterocycles. The number of benzene rings is 1. The number of ether oxygens (including phenoxy) is 1. The molecule has 0 fully saturated rings. The zero-order chi connectivity index (χ0) is 15.7. The minimum atomic E-state index is -3.50. The zero-order valence-electron chi connectivity index (χ0n) is 12.5. The summed E-state index contributed by atoms with van der Waals surface area (Å²) in [6.07, 6.45) is 1.63. The van der Waals surface area contributed by atoms with Crippen molar-refractivity contribution in [3.05, 3.63) is 28.2 Å². The van der Waals surface area contributed by atoms with Gasteiger partial charge in [0.2, 0.25) is 10.0 Å². The predicted octanol–water partition coefficient (Wildman–Crippen LogP) is 2.26. The van der Waals surface area contributed by atoms with Gasteiger partial charge in [-0.05, 0) is 53.5 Å². The first-order chi connectivity index (χ1) is 10.0. The average molecular weight is 379 g/mol. The summed E-state index contributed by atoms with van der Waals surface area (Å²) in [4.78, 5) is 0.268. The van der Waals surface area contributed by atoms with Crippen LogP contribution in [-0.4, -0.2) is 35.2 Å². The van der Waals surface area contributed by atoms with Gasteiger partial charge in [0, 0.05) is 30.8 Å². The van der Waals surface area contributed by atoms with Crippen LogP contribution >= 0.6 is 15.9 Å². The number of sulfonamides is 1. The molecule has 7 heteroatoms. The van der Waals surface area contributed by atoms with E-state index in [-0.39, 0.29) is 4.90 Å². The first kappa shape index (κ1) is 18.6. The van der Waals surface area contributed by atoms with Gasteiger partial charge in [0.1, 0.15) is 0 Å². The fourth-order valence-corrected chi connectivity index (χ4v) is 3.86. The van der Waals surface area contributed by atoms with Crippen LogP contribution in [0.5, 0.6) is 0 Å². The third-order valence-corrected chi connectivity index (χ3v) is 5.23. The van der Waals surface area contributed by atoms with Crippen LogP contribution in [0.1, 0.15) is 25.3 Å². The Kier molecular flexibility index (Phi) is 8.43. The van der Waals surface area contributed by atoms with Crippen molar-refractivity contribution in [2.75, 3.05) is 26.8 Å². The Morgan fingerprint density at radius 1 is 1.29 bits per heavy atom. The summed E-state index contributed by atoms with van der Waals surface area (Å²) in [5.41, 5.74) is 0.923. The lowest BCUT2D eigenvalue weighted by molar-refractivity contribution is 0.133. The van der Waals surface area contributed by atoms with Crippen molar-refractivity contribution in [1.82, 2.24) is 10.0 Å². The predicted molar refractivity (Wildman–Crippen MR) is 87.8 cm³/mol. The molecule has 0 radical (unpaired) electrons. The lowest BCUT2D eigenvalue weighted by atomic mass is 10.2. The van der Waals surface area contributed by atoms with Crippen molar-refractivity contribution in [2.45, 2.75) is 31.2 Å². The van der Waals surface area contributed by atoms with E-state index in [1.807, 2.05) is 20.0 Å². The van der Waals surface area contributed by atoms with Crippen LogP contribution in [0.25, 0.3) is 0 Å². The number of halogens is 1. The molecule has 0 saturated heterocycles. The second-order valence-electron chi connectivity index (χ2n) is 4.66. The summed E-state index contributed by atoms with van der Waals surface area (Å²) >= 11 is 3.30. The van der Waals surface area contributed by atoms with E-state index in [1.165, 1.54) is 0 Å². The first-order valence-corrected chi connectivity index (χ1v) is 9.29. The van der Waals surface area contributed by atoms with Crippen molar-refractivity contribution in [1.29, 1.82) is 0 Å². The summed E-state index contributed by atoms with van der Waals surface area (Å²) in [6.45, 7) is 4.31. The molecule has 5 nitrogen and oxygen atoms in total. The highest BCUT2D eigenvalue weighted by Gasteiger charge is 2.17. The van der Waals surface area contributed by atoms with Crippen LogP contribution in [0.3, 0.4) is 0 Å². The molecule has 0 heterocycles. The van der Waals surface area contributed by atoms with Gasteiger partial charge in [-0.1, -0.05) is 13.0 Å². The van der Waals surface area contributed by atoms with Crippen molar-refractivity contribution < 1.29 is 13.2 Å². The van der Waals surface area contributed by atoms with Crippen LogP contribution in [0.15, 0.2) is 27.6 Å². The number of rotatable bonds is 10. The Bertz CT molecular complexity index is 535. The lowest BCUT2D eigenvalue weighted by Gasteiger charge is -2.10. The van der Waals surface area contributed by atoms with Gasteiger partial charge in [-0.25, -0.2) is 13.1 Å². The fourth-order valence-electron chi connectivity index (χ4n) is 1.77. The highest BCUT2D eigenvalue weighted by molar-refractivity contribution is 9.10. The largest absolute Gasteiger partial charge is 0.381 e. The highest BCUT2D eigenvalue weighted by Crippen LogP contribution is 2.23. The number of hydrogen-bond acceptors (Lipinski definition) is 4. The van der Waals surface area contributed by atoms with Gasteiger partial charge >= 0.3 is 0 Å². The molecular weight excluding hydrogens is 356 g/mol. The molecule has 1 aromatic carbocycles. The topological polar surface area (TPSA) is 67.4 Å². The van der Waals surface area contributed by atoms with E-state index in [1.54, 1.807) is 12.1 Å². The molecule has 0 bridgehead atoms. The van der Waals surface area contributed by atoms with Gasteiger partial charge in [-0.3, -0.25) is 0 Å². The van der Waals surface area contributed by atoms with E-state index < -0.39 is 10.0 Å². The Morgan fingerprint density at radius 2 is 2.05 bits per heavy atom. The van der Waals surface area contributed by atoms with Crippen LogP contribution in [0.2, 0.25) is 0 Å². The molecular formula is C14H23BrN2O3S. The normalized spacial score (nSPS) is 11.8. The molecule has 0 unspecified atom stereocenters. The van der Waals surface area contributed by atoms with Crippen molar-refractivity contribution in [3.63, 3.8) is 0 Å². The Hall–Kier alpha value is -0.470. The summed E-state index contributed by atoms with van der Waals surface area (Å²) in [7, 11) is -1.68. The molecule has 0 amide bonds. The lowest BCUT2D eigenvalue weighted by Crippen LogP contribution is -2.26. The van der Waals surface area contributed by atoms with E-state index in [9.17, 15) is 8.42 Å². The molecule has 21 heavy (non-hydrogen) atoms. The zero-order valence-corrected chi connectivity index (χ0v) is 14.9. The van der Waals surface area contributed by atoms with Crippen LogP contribution in [0, 0.1) is 0 Å². The van der Waals surface area contributed by atoms with E-state index in [2.05, 4.69) is 26.0 Å². The quantitative estimate of drug-likeness (QED) is 0.612. The van der Waals surface area contributed by atoms with Gasteiger partial charge in [-0.15, -0.1) is 0 Å². The van der Waals surface area contributed by atoms with E-state index in [0.29, 0.717) is 37.2 Å². The van der Waals surface area contributed by atoms with Crippen LogP contribution in [0.4, 0.5) is 0 Å². The maximum absolute atomic E-state index is 12.3. The maximum Gasteiger partial charge on any atom is 0.241 e. The van der Waals surface area contributed by atoms with E-state index in [4.69, 9.17) is 4.74 Å². The molecule has 2 N–H and O–H groups in total. The Morgan fingerprint density at radius 3 is 2.71 bits per heavy atom. The third kappa shape index (κ3) is 6.44. The van der Waals surface area contributed by atoms with Crippen LogP contribution in [-0.2, 0) is 21.3 Å². The second kappa shape index (κ2) is 9.53. The minimum absolute atomic E-state index is 0.268. The molecule has 0 aliphatic carbocycles. The average Bonchev–Trinajstić information content (AvgIpc) is 2.45. The molecule has 0 saturated carbocycles. The smallest absolute Gasteiger partial charge is 0.241 e. The van der Waals surface area contributed by atoms with Gasteiger partial charge in [0.25, 0.3) is 0 Å². The fraction of sp³-hybridized carbons (Fsp3) is 0.571. The summed E-state index contributed by atoms with van der Waals surface area (Å²) in [6, 6.07) is 5.32. The van der Waals surface area contributed by atoms with Crippen LogP contribution < -0.4 is 10.0 Å². The second-order valence-corrected chi connectivity index (χ2v) is 7.25. The van der Waals surface area contributed by atoms with Crippen molar-refractivity contribution in [3.8, 4) is 0 Å². The molecule has 0 aliphatic heterocycles. The Balaban J connectivity index is 2.63. The molecule has 0 atom stereocenters. The summed E-state index contributed by atoms with van der Waals surface area (Å²) in [5, 5.41) is 3.01. The standard InChI is InChI=1S/C14H23BrN2O3S/c1-3-8-20-9-4-7-17-21(18,19)14-10-12(11-16-2)5-6-13(14)15/h5-6,10,16-17H,3-4,7-9,11H2,1-2H3. The molecule has 1 aromatic rings. The SMILES string of the molecule is CCCOCCCNS(=O)(=O)c1cc(CNC)ccc1Br. The van der Waals surface area contributed by atoms with E-state index >= 15 is 0 Å². The summed E-state index contributed by atoms with van der Waals surface area (Å²) < 4.78 is 33.1. The molecule has 1 rings (SSSR count). The van der Waals surface area contributed by atoms with Gasteiger partial charge < -0.3 is 10.1 Å². The number of nitrogens with one attached hydrogen (secondary N) is 2. The highest BCUT2D eigenvalue weighted by atomic mass is 79.9. The molecule has 0 spiro atoms. The number of hydrogen-bond donors (Lipinski definition) is 2. The molecule has 0 aliphatic rings. The van der Waals surface area contributed by atoms with Gasteiger partial charge in [0.15, 0.2) is 0 Å². The first-order valence-electron chi connectivity index (χ1n) is 7.01. The Labute approximate surface area is 135 Å².